The van der Waals surface area contributed by atoms with Crippen molar-refractivity contribution in [1.29, 1.82) is 0 Å². The molecule has 0 saturated heterocycles. The van der Waals surface area contributed by atoms with Gasteiger partial charge in [-0.05, 0) is 36.9 Å². The van der Waals surface area contributed by atoms with E-state index in [4.69, 9.17) is 4.42 Å². The summed E-state index contributed by atoms with van der Waals surface area (Å²) in [5.41, 5.74) is 0. The Hall–Kier alpha value is -0.850. The third kappa shape index (κ3) is 6.07. The zero-order valence-electron chi connectivity index (χ0n) is 12.8. The minimum Gasteiger partial charge on any atom is -0.447 e. The average molecular weight is 302 g/mol. The van der Waals surface area contributed by atoms with Gasteiger partial charge < -0.3 is 9.73 Å². The molecule has 0 spiro atoms. The molecule has 0 aliphatic heterocycles. The van der Waals surface area contributed by atoms with E-state index in [-0.39, 0.29) is 5.09 Å². The van der Waals surface area contributed by atoms with Gasteiger partial charge in [0.25, 0.3) is 10.0 Å². The molecule has 1 rings (SSSR count). The largest absolute Gasteiger partial charge is 0.447 e. The maximum atomic E-state index is 12.0. The first kappa shape index (κ1) is 17.2. The smallest absolute Gasteiger partial charge is 0.273 e. The van der Waals surface area contributed by atoms with Crippen LogP contribution in [0.25, 0.3) is 0 Å². The van der Waals surface area contributed by atoms with Gasteiger partial charge in [0.15, 0.2) is 0 Å². The van der Waals surface area contributed by atoms with Gasteiger partial charge in [-0.3, -0.25) is 0 Å². The summed E-state index contributed by atoms with van der Waals surface area (Å²) in [6, 6.07) is 3.20. The molecule has 0 bridgehead atoms. The first-order valence-corrected chi connectivity index (χ1v) is 8.58. The molecular weight excluding hydrogens is 276 g/mol. The fourth-order valence-corrected chi connectivity index (χ4v) is 2.63. The minimum absolute atomic E-state index is 0.0115. The van der Waals surface area contributed by atoms with Gasteiger partial charge in [-0.15, -0.1) is 0 Å². The van der Waals surface area contributed by atoms with Crippen molar-refractivity contribution in [2.75, 3.05) is 13.1 Å². The molecule has 6 heteroatoms. The molecule has 0 unspecified atom stereocenters. The highest BCUT2D eigenvalue weighted by molar-refractivity contribution is 7.89. The molecule has 116 valence electrons. The summed E-state index contributed by atoms with van der Waals surface area (Å²) in [5.74, 6) is 1.64. The van der Waals surface area contributed by atoms with Crippen LogP contribution in [-0.4, -0.2) is 21.5 Å². The Morgan fingerprint density at radius 2 is 1.85 bits per heavy atom. The van der Waals surface area contributed by atoms with E-state index in [1.807, 2.05) is 0 Å². The van der Waals surface area contributed by atoms with E-state index in [0.717, 1.165) is 13.0 Å². The van der Waals surface area contributed by atoms with Gasteiger partial charge in [0.1, 0.15) is 5.76 Å². The summed E-state index contributed by atoms with van der Waals surface area (Å²) in [4.78, 5) is 0. The zero-order chi connectivity index (χ0) is 15.2. The SMILES string of the molecule is CC(C)CCNS(=O)(=O)c1ccc(CNCC(C)C)o1. The molecular formula is C14H26N2O3S. The van der Waals surface area contributed by atoms with Crippen LogP contribution in [-0.2, 0) is 16.6 Å². The Kier molecular flexibility index (Phi) is 6.71. The molecule has 1 aromatic heterocycles. The summed E-state index contributed by atoms with van der Waals surface area (Å²) in [5, 5.41) is 3.20. The molecule has 1 heterocycles. The van der Waals surface area contributed by atoms with E-state index in [9.17, 15) is 8.42 Å². The van der Waals surface area contributed by atoms with Gasteiger partial charge in [-0.25, -0.2) is 13.1 Å². The van der Waals surface area contributed by atoms with Gasteiger partial charge in [-0.2, -0.15) is 0 Å². The molecule has 0 aliphatic carbocycles. The van der Waals surface area contributed by atoms with Gasteiger partial charge in [0.2, 0.25) is 5.09 Å². The van der Waals surface area contributed by atoms with Crippen LogP contribution in [0.5, 0.6) is 0 Å². The van der Waals surface area contributed by atoms with Crippen molar-refractivity contribution in [1.82, 2.24) is 10.0 Å². The van der Waals surface area contributed by atoms with Crippen molar-refractivity contribution < 1.29 is 12.8 Å². The summed E-state index contributed by atoms with van der Waals surface area (Å²) < 4.78 is 31.9. The van der Waals surface area contributed by atoms with E-state index in [2.05, 4.69) is 37.7 Å². The topological polar surface area (TPSA) is 71.3 Å². The monoisotopic (exact) mass is 302 g/mol. The predicted octanol–water partition coefficient (Wildman–Crippen LogP) is 2.35. The fraction of sp³-hybridized carbons (Fsp3) is 0.714. The third-order valence-electron chi connectivity index (χ3n) is 2.77. The van der Waals surface area contributed by atoms with E-state index in [1.165, 1.54) is 6.07 Å². The molecule has 0 atom stereocenters. The van der Waals surface area contributed by atoms with Crippen LogP contribution in [0.4, 0.5) is 0 Å². The number of hydrogen-bond acceptors (Lipinski definition) is 4. The lowest BCUT2D eigenvalue weighted by Gasteiger charge is -2.07. The standard InChI is InChI=1S/C14H26N2O3S/c1-11(2)7-8-16-20(17,18)14-6-5-13(19-14)10-15-9-12(3)4/h5-6,11-12,15-16H,7-10H2,1-4H3. The second kappa shape index (κ2) is 7.81. The number of furan rings is 1. The molecule has 5 nitrogen and oxygen atoms in total. The molecule has 0 radical (unpaired) electrons. The van der Waals surface area contributed by atoms with Crippen LogP contribution in [0.1, 0.15) is 39.9 Å². The van der Waals surface area contributed by atoms with E-state index in [1.54, 1.807) is 6.07 Å². The number of rotatable bonds is 9. The third-order valence-corrected chi connectivity index (χ3v) is 4.10. The molecule has 0 amide bonds. The Morgan fingerprint density at radius 1 is 1.15 bits per heavy atom. The molecule has 0 fully saturated rings. The highest BCUT2D eigenvalue weighted by atomic mass is 32.2. The highest BCUT2D eigenvalue weighted by Crippen LogP contribution is 2.14. The minimum atomic E-state index is -3.52. The number of hydrogen-bond donors (Lipinski definition) is 2. The fourth-order valence-electron chi connectivity index (χ4n) is 1.63. The van der Waals surface area contributed by atoms with Crippen molar-refractivity contribution in [3.05, 3.63) is 17.9 Å². The van der Waals surface area contributed by atoms with Gasteiger partial charge in [-0.1, -0.05) is 27.7 Å². The summed E-state index contributed by atoms with van der Waals surface area (Å²) in [6.45, 7) is 10.2. The summed E-state index contributed by atoms with van der Waals surface area (Å²) >= 11 is 0. The van der Waals surface area contributed by atoms with E-state index >= 15 is 0 Å². The maximum absolute atomic E-state index is 12.0. The summed E-state index contributed by atoms with van der Waals surface area (Å²) in [7, 11) is -3.52. The predicted molar refractivity (Wildman–Crippen MR) is 79.9 cm³/mol. The second-order valence-corrected chi connectivity index (χ2v) is 7.52. The number of sulfonamides is 1. The van der Waals surface area contributed by atoms with Crippen molar-refractivity contribution >= 4 is 10.0 Å². The molecule has 1 aromatic rings. The maximum Gasteiger partial charge on any atom is 0.273 e. The molecule has 20 heavy (non-hydrogen) atoms. The lowest BCUT2D eigenvalue weighted by atomic mass is 10.1. The van der Waals surface area contributed by atoms with Crippen molar-refractivity contribution in [2.24, 2.45) is 11.8 Å². The van der Waals surface area contributed by atoms with Crippen LogP contribution in [0.15, 0.2) is 21.6 Å². The van der Waals surface area contributed by atoms with Crippen molar-refractivity contribution in [3.63, 3.8) is 0 Å². The first-order valence-electron chi connectivity index (χ1n) is 7.10. The van der Waals surface area contributed by atoms with Crippen molar-refractivity contribution in [2.45, 2.75) is 45.8 Å². The van der Waals surface area contributed by atoms with E-state index in [0.29, 0.717) is 30.7 Å². The molecule has 2 N–H and O–H groups in total. The normalized spacial score (nSPS) is 12.5. The van der Waals surface area contributed by atoms with Crippen molar-refractivity contribution in [3.8, 4) is 0 Å². The van der Waals surface area contributed by atoms with Gasteiger partial charge in [0.05, 0.1) is 6.54 Å². The molecule has 0 aliphatic rings. The quantitative estimate of drug-likeness (QED) is 0.734. The average Bonchev–Trinajstić information content (AvgIpc) is 2.77. The Balaban J connectivity index is 2.52. The number of nitrogens with one attached hydrogen (secondary N) is 2. The lowest BCUT2D eigenvalue weighted by Crippen LogP contribution is -2.25. The second-order valence-electron chi connectivity index (χ2n) is 5.83. The lowest BCUT2D eigenvalue weighted by molar-refractivity contribution is 0.394. The Morgan fingerprint density at radius 3 is 2.45 bits per heavy atom. The Labute approximate surface area is 122 Å². The summed E-state index contributed by atoms with van der Waals surface area (Å²) in [6.07, 6.45) is 0.808. The van der Waals surface area contributed by atoms with Crippen LogP contribution >= 0.6 is 0 Å². The van der Waals surface area contributed by atoms with E-state index < -0.39 is 10.0 Å². The van der Waals surface area contributed by atoms with Gasteiger partial charge in [0, 0.05) is 6.54 Å². The van der Waals surface area contributed by atoms with Crippen LogP contribution in [0.3, 0.4) is 0 Å². The molecule has 0 aromatic carbocycles. The zero-order valence-corrected chi connectivity index (χ0v) is 13.6. The Bertz CT molecular complexity index is 492. The first-order chi connectivity index (χ1) is 9.31. The van der Waals surface area contributed by atoms with Crippen LogP contribution in [0, 0.1) is 11.8 Å². The van der Waals surface area contributed by atoms with Crippen LogP contribution < -0.4 is 10.0 Å². The van der Waals surface area contributed by atoms with Crippen LogP contribution in [0.2, 0.25) is 0 Å². The highest BCUT2D eigenvalue weighted by Gasteiger charge is 2.18. The van der Waals surface area contributed by atoms with Gasteiger partial charge >= 0.3 is 0 Å². The molecule has 0 saturated carbocycles.